The molecule has 3 aliphatic rings. The van der Waals surface area contributed by atoms with E-state index in [1.807, 2.05) is 141 Å². The van der Waals surface area contributed by atoms with Crippen molar-refractivity contribution in [3.8, 4) is 49.4 Å². The number of rotatable bonds is 15. The highest BCUT2D eigenvalue weighted by molar-refractivity contribution is 7.15. The van der Waals surface area contributed by atoms with Crippen LogP contribution in [0.1, 0.15) is 85.7 Å². The van der Waals surface area contributed by atoms with Crippen molar-refractivity contribution in [3.63, 3.8) is 0 Å². The monoisotopic (exact) mass is 1360 g/mol. The zero-order valence-corrected chi connectivity index (χ0v) is 57.0. The number of piperidine rings is 3. The molecule has 9 heterocycles. The Bertz CT molecular complexity index is 4520. The van der Waals surface area contributed by atoms with Crippen LogP contribution in [0, 0.1) is 26.6 Å². The number of aromatic nitrogens is 9. The van der Waals surface area contributed by atoms with Crippen LogP contribution in [0.15, 0.2) is 139 Å². The third-order valence-corrected chi connectivity index (χ3v) is 20.0. The lowest BCUT2D eigenvalue weighted by Crippen LogP contribution is -2.35. The van der Waals surface area contributed by atoms with E-state index in [0.29, 0.717) is 49.8 Å². The Morgan fingerprint density at radius 2 is 0.928 bits per heavy atom. The number of carbonyl (C=O) groups is 3. The third kappa shape index (κ3) is 16.2. The molecule has 6 N–H and O–H groups in total. The minimum atomic E-state index is -0.387. The van der Waals surface area contributed by atoms with E-state index in [9.17, 15) is 18.8 Å². The van der Waals surface area contributed by atoms with Gasteiger partial charge in [0.1, 0.15) is 41.4 Å². The molecule has 25 heteroatoms. The molecule has 0 aliphatic carbocycles. The molecule has 0 radical (unpaired) electrons. The van der Waals surface area contributed by atoms with Gasteiger partial charge in [0.2, 0.25) is 0 Å². The summed E-state index contributed by atoms with van der Waals surface area (Å²) in [5.74, 6) is 1.17. The highest BCUT2D eigenvalue weighted by Gasteiger charge is 2.24. The van der Waals surface area contributed by atoms with Gasteiger partial charge in [-0.05, 0) is 207 Å². The second-order valence-electron chi connectivity index (χ2n) is 24.7. The van der Waals surface area contributed by atoms with Gasteiger partial charge in [0.15, 0.2) is 17.1 Å². The second-order valence-corrected chi connectivity index (χ2v) is 27.8. The van der Waals surface area contributed by atoms with Crippen LogP contribution in [0.3, 0.4) is 0 Å². The van der Waals surface area contributed by atoms with Crippen LogP contribution in [0.4, 0.5) is 21.5 Å². The molecular formula is C72H74FN15O6S3. The van der Waals surface area contributed by atoms with Gasteiger partial charge in [-0.1, -0.05) is 12.1 Å². The van der Waals surface area contributed by atoms with Gasteiger partial charge in [-0.25, -0.2) is 14.4 Å². The van der Waals surface area contributed by atoms with E-state index in [4.69, 9.17) is 14.2 Å². The van der Waals surface area contributed by atoms with E-state index in [2.05, 4.69) is 96.7 Å². The average molecular weight is 1360 g/mol. The number of halogens is 1. The van der Waals surface area contributed by atoms with E-state index in [1.165, 1.54) is 28.9 Å². The number of ether oxygens (including phenoxy) is 3. The number of aromatic amines is 3. The van der Waals surface area contributed by atoms with E-state index < -0.39 is 0 Å². The van der Waals surface area contributed by atoms with Gasteiger partial charge in [0.25, 0.3) is 17.7 Å². The third-order valence-electron chi connectivity index (χ3n) is 17.4. The van der Waals surface area contributed by atoms with Crippen molar-refractivity contribution in [1.29, 1.82) is 0 Å². The molecule has 3 aliphatic heterocycles. The number of hydrogen-bond donors (Lipinski definition) is 6. The summed E-state index contributed by atoms with van der Waals surface area (Å²) in [7, 11) is 6.39. The van der Waals surface area contributed by atoms with E-state index in [0.717, 1.165) is 154 Å². The summed E-state index contributed by atoms with van der Waals surface area (Å²) >= 11 is 4.45. The minimum absolute atomic E-state index is 0.208. The van der Waals surface area contributed by atoms with Crippen molar-refractivity contribution in [2.75, 3.05) is 76.4 Å². The van der Waals surface area contributed by atoms with Crippen molar-refractivity contribution in [2.24, 2.45) is 0 Å². The highest BCUT2D eigenvalue weighted by Crippen LogP contribution is 2.35. The molecule has 15 rings (SSSR count). The minimum Gasteiger partial charge on any atom is -0.490 e. The topological polar surface area (TPSA) is 249 Å². The van der Waals surface area contributed by atoms with Gasteiger partial charge >= 0.3 is 0 Å². The SMILES string of the molecule is Cc1cc(-c2ccc3[nH]nc(C(=O)Nc4ccc(OC5CCN(C)CC5)cc4)c3c2)sn1.Cc1nc(-c2ccc3[nH]nc(C(=O)Nc4ccc(OC5CCN(C)CC5)cc4)c3c2)cs1.Cc1ncc(-c2cc3c(C(=O)Nc4ccc(OC5CCN(C)CC5)cc4)n[nH]c3cc2F)s1. The number of hydrogen-bond acceptors (Lipinski definition) is 18. The molecule has 0 spiro atoms. The first-order chi connectivity index (χ1) is 47.1. The second kappa shape index (κ2) is 29.7. The number of nitrogens with zero attached hydrogens (tertiary/aromatic N) is 9. The molecule has 0 unspecified atom stereocenters. The van der Waals surface area contributed by atoms with Gasteiger partial charge in [-0.2, -0.15) is 19.7 Å². The number of fused-ring (bicyclic) bond motifs is 3. The van der Waals surface area contributed by atoms with Crippen molar-refractivity contribution < 1.29 is 33.0 Å². The summed E-state index contributed by atoms with van der Waals surface area (Å²) in [6.45, 7) is 12.1. The quantitative estimate of drug-likeness (QED) is 0.0558. The summed E-state index contributed by atoms with van der Waals surface area (Å²) in [5.41, 5.74) is 9.35. The number of H-pyrrole nitrogens is 3. The van der Waals surface area contributed by atoms with Crippen LogP contribution < -0.4 is 30.2 Å². The molecule has 498 valence electrons. The number of amides is 3. The predicted molar refractivity (Wildman–Crippen MR) is 382 cm³/mol. The molecule has 97 heavy (non-hydrogen) atoms. The van der Waals surface area contributed by atoms with Crippen LogP contribution in [0.25, 0.3) is 64.8 Å². The van der Waals surface area contributed by atoms with Gasteiger partial charge in [0.05, 0.1) is 47.7 Å². The predicted octanol–water partition coefficient (Wildman–Crippen LogP) is 14.3. The molecule has 3 saturated heterocycles. The lowest BCUT2D eigenvalue weighted by Gasteiger charge is -2.29. The van der Waals surface area contributed by atoms with Crippen LogP contribution >= 0.6 is 34.2 Å². The maximum Gasteiger partial charge on any atom is 0.276 e. The maximum absolute atomic E-state index is 14.6. The number of anilines is 3. The maximum atomic E-state index is 14.6. The Labute approximate surface area is 572 Å². The fraction of sp³-hybridized carbons (Fsp3) is 0.292. The Morgan fingerprint density at radius 1 is 0.505 bits per heavy atom. The molecule has 12 aromatic rings. The molecule has 0 atom stereocenters. The summed E-state index contributed by atoms with van der Waals surface area (Å²) in [5, 5.41) is 36.0. The number of benzene rings is 6. The molecule has 0 saturated carbocycles. The first-order valence-electron chi connectivity index (χ1n) is 32.3. The van der Waals surface area contributed by atoms with E-state index in [1.54, 1.807) is 23.6 Å². The number of carbonyl (C=O) groups excluding carboxylic acids is 3. The smallest absolute Gasteiger partial charge is 0.276 e. The first-order valence-corrected chi connectivity index (χ1v) is 34.8. The fourth-order valence-corrected chi connectivity index (χ4v) is 14.0. The molecule has 6 aromatic heterocycles. The normalized spacial score (nSPS) is 15.2. The molecule has 3 fully saturated rings. The van der Waals surface area contributed by atoms with Crippen molar-refractivity contribution >= 4 is 102 Å². The van der Waals surface area contributed by atoms with Gasteiger partial charge in [-0.3, -0.25) is 29.7 Å². The van der Waals surface area contributed by atoms with Crippen LogP contribution in [-0.2, 0) is 0 Å². The largest absolute Gasteiger partial charge is 0.490 e. The van der Waals surface area contributed by atoms with Gasteiger partial charge in [0, 0.05) is 101 Å². The Kier molecular flexibility index (Phi) is 20.2. The summed E-state index contributed by atoms with van der Waals surface area (Å²) < 4.78 is 37.2. The van der Waals surface area contributed by atoms with Crippen LogP contribution in [-0.4, -0.2) is 156 Å². The van der Waals surface area contributed by atoms with Gasteiger partial charge < -0.3 is 44.9 Å². The van der Waals surface area contributed by atoms with Gasteiger partial charge in [-0.15, -0.1) is 22.7 Å². The molecule has 0 bridgehead atoms. The Hall–Kier alpha value is -9.76. The number of thiazole rings is 2. The van der Waals surface area contributed by atoms with E-state index >= 15 is 0 Å². The number of likely N-dealkylation sites (tertiary alicyclic amines) is 3. The van der Waals surface area contributed by atoms with Crippen LogP contribution in [0.5, 0.6) is 17.2 Å². The molecular weight excluding hydrogens is 1290 g/mol. The summed E-state index contributed by atoms with van der Waals surface area (Å²) in [4.78, 5) is 56.2. The zero-order chi connectivity index (χ0) is 67.1. The van der Waals surface area contributed by atoms with Crippen LogP contribution in [0.2, 0.25) is 0 Å². The molecule has 3 amide bonds. The highest BCUT2D eigenvalue weighted by atomic mass is 32.1. The number of nitrogens with one attached hydrogen (secondary N) is 6. The first kappa shape index (κ1) is 65.9. The lowest BCUT2D eigenvalue weighted by molar-refractivity contribution is 0.101. The van der Waals surface area contributed by atoms with Crippen molar-refractivity contribution in [2.45, 2.75) is 77.6 Å². The van der Waals surface area contributed by atoms with Crippen molar-refractivity contribution in [1.82, 2.24) is 59.6 Å². The average Bonchev–Trinajstić information content (AvgIpc) is 1.64. The molecule has 21 nitrogen and oxygen atoms in total. The standard InChI is InChI=1S/C24H24FN5O2S.2C24H25N5O2S/c1-14-26-13-22(33-14)18-11-19-21(12-20(18)25)28-29-23(19)24(31)27-15-3-5-16(6-4-15)32-17-7-9-30(2)10-8-17;1-15-25-22(14-32-15)16-3-8-21-20(13-16)23(28-27-21)24(30)26-17-4-6-18(7-5-17)31-19-9-11-29(2)12-10-19;1-15-13-22(32-28-15)16-3-8-21-20(14-16)23(27-26-21)24(30)25-17-4-6-18(7-5-17)31-19-9-11-29(2)12-10-19/h3-6,11-13,17H,7-10H2,1-2H3,(H,27,31)(H,28,29);3-8,13-14,19H,9-12H2,1-2H3,(H,26,30)(H,27,28);3-8,13-14,19H,9-12H2,1-2H3,(H,25,30)(H,26,27). The van der Waals surface area contributed by atoms with E-state index in [-0.39, 0.29) is 47.5 Å². The summed E-state index contributed by atoms with van der Waals surface area (Å²) in [6.07, 6.45) is 8.49. The van der Waals surface area contributed by atoms with Crippen molar-refractivity contribution in [3.05, 3.63) is 178 Å². The summed E-state index contributed by atoms with van der Waals surface area (Å²) in [6, 6.07) is 39.3. The molecule has 6 aromatic carbocycles. The Balaban J connectivity index is 0.000000131. The number of aryl methyl sites for hydroxylation is 3. The zero-order valence-electron chi connectivity index (χ0n) is 54.6. The lowest BCUT2D eigenvalue weighted by atomic mass is 10.1. The fourth-order valence-electron chi connectivity index (χ4n) is 11.9. The Morgan fingerprint density at radius 3 is 1.33 bits per heavy atom.